The lowest BCUT2D eigenvalue weighted by atomic mass is 10.0. The molecule has 0 radical (unpaired) electrons. The van der Waals surface area contributed by atoms with Gasteiger partial charge in [-0.3, -0.25) is 0 Å². The van der Waals surface area contributed by atoms with Gasteiger partial charge in [0.2, 0.25) is 0 Å². The van der Waals surface area contributed by atoms with E-state index < -0.39 is 0 Å². The van der Waals surface area contributed by atoms with E-state index in [1.807, 2.05) is 13.0 Å². The Balaban J connectivity index is 1.93. The molecular weight excluding hydrogens is 304 g/mol. The summed E-state index contributed by atoms with van der Waals surface area (Å²) < 4.78 is 0. The summed E-state index contributed by atoms with van der Waals surface area (Å²) in [5.74, 6) is 1.28. The lowest BCUT2D eigenvalue weighted by Gasteiger charge is -2.16. The number of aromatic nitrogens is 1. The molecule has 1 heterocycles. The molecule has 5 heteroatoms. The van der Waals surface area contributed by atoms with E-state index in [0.717, 1.165) is 29.8 Å². The Morgan fingerprint density at radius 2 is 1.96 bits per heavy atom. The first-order chi connectivity index (χ1) is 11.1. The number of guanidine groups is 1. The fraction of sp³-hybridized carbons (Fsp3) is 0.444. The minimum absolute atomic E-state index is 0.435. The van der Waals surface area contributed by atoms with Crippen molar-refractivity contribution in [1.29, 1.82) is 0 Å². The van der Waals surface area contributed by atoms with Crippen LogP contribution in [0.15, 0.2) is 35.3 Å². The van der Waals surface area contributed by atoms with E-state index in [-0.39, 0.29) is 0 Å². The summed E-state index contributed by atoms with van der Waals surface area (Å²) in [6, 6.07) is 10.5. The van der Waals surface area contributed by atoms with E-state index in [0.29, 0.717) is 12.5 Å². The number of nitrogens with one attached hydrogen (secondary N) is 2. The zero-order valence-corrected chi connectivity index (χ0v) is 15.2. The maximum Gasteiger partial charge on any atom is 0.191 e. The second kappa shape index (κ2) is 8.67. The summed E-state index contributed by atoms with van der Waals surface area (Å²) >= 11 is 1.72. The Morgan fingerprint density at radius 1 is 1.22 bits per heavy atom. The minimum atomic E-state index is 0.435. The maximum atomic E-state index is 4.65. The van der Waals surface area contributed by atoms with Crippen molar-refractivity contribution in [1.82, 2.24) is 15.6 Å². The number of hydrogen-bond acceptors (Lipinski definition) is 3. The average Bonchev–Trinajstić information content (AvgIpc) is 2.89. The highest BCUT2D eigenvalue weighted by Crippen LogP contribution is 2.17. The molecule has 0 saturated carbocycles. The number of hydrogen-bond donors (Lipinski definition) is 2. The number of thiazole rings is 1. The van der Waals surface area contributed by atoms with Crippen LogP contribution in [0.1, 0.15) is 40.9 Å². The largest absolute Gasteiger partial charge is 0.357 e. The number of rotatable bonds is 6. The third-order valence-corrected chi connectivity index (χ3v) is 4.79. The first-order valence-corrected chi connectivity index (χ1v) is 8.91. The van der Waals surface area contributed by atoms with Crippen LogP contribution in [0.2, 0.25) is 0 Å². The van der Waals surface area contributed by atoms with Gasteiger partial charge in [-0.2, -0.15) is 0 Å². The molecule has 0 saturated heterocycles. The van der Waals surface area contributed by atoms with Gasteiger partial charge in [-0.25, -0.2) is 9.98 Å². The van der Waals surface area contributed by atoms with Crippen LogP contribution in [0.25, 0.3) is 0 Å². The Kier molecular flexibility index (Phi) is 6.59. The van der Waals surface area contributed by atoms with Crippen LogP contribution in [0.3, 0.4) is 0 Å². The highest BCUT2D eigenvalue weighted by atomic mass is 32.1. The summed E-state index contributed by atoms with van der Waals surface area (Å²) in [5.41, 5.74) is 2.44. The molecule has 2 aromatic rings. The molecule has 0 aliphatic carbocycles. The van der Waals surface area contributed by atoms with Gasteiger partial charge in [0.05, 0.1) is 12.2 Å². The Hall–Kier alpha value is -1.88. The normalized spacial score (nSPS) is 13.0. The van der Waals surface area contributed by atoms with E-state index in [1.54, 1.807) is 11.3 Å². The SMILES string of the molecule is CCNC(=NCc1nc(C)c(C)s1)NCC(C)c1ccccc1. The molecule has 0 bridgehead atoms. The maximum absolute atomic E-state index is 4.65. The van der Waals surface area contributed by atoms with Crippen LogP contribution in [0.4, 0.5) is 0 Å². The zero-order chi connectivity index (χ0) is 16.7. The monoisotopic (exact) mass is 330 g/mol. The molecule has 1 aromatic heterocycles. The number of aliphatic imine (C=N–C) groups is 1. The zero-order valence-electron chi connectivity index (χ0n) is 14.4. The molecule has 0 fully saturated rings. The van der Waals surface area contributed by atoms with Crippen LogP contribution >= 0.6 is 11.3 Å². The summed E-state index contributed by atoms with van der Waals surface area (Å²) in [6.07, 6.45) is 0. The predicted octanol–water partition coefficient (Wildman–Crippen LogP) is 3.62. The van der Waals surface area contributed by atoms with E-state index in [2.05, 4.69) is 65.6 Å². The lowest BCUT2D eigenvalue weighted by Crippen LogP contribution is -2.39. The van der Waals surface area contributed by atoms with Gasteiger partial charge in [-0.1, -0.05) is 37.3 Å². The van der Waals surface area contributed by atoms with Gasteiger partial charge in [0.25, 0.3) is 0 Å². The van der Waals surface area contributed by atoms with Crippen molar-refractivity contribution in [2.45, 2.75) is 40.2 Å². The standard InChI is InChI=1S/C18H26N4S/c1-5-19-18(21-12-17-22-14(3)15(4)23-17)20-11-13(2)16-9-7-6-8-10-16/h6-10,13H,5,11-12H2,1-4H3,(H2,19,20,21). The Morgan fingerprint density at radius 3 is 2.57 bits per heavy atom. The fourth-order valence-electron chi connectivity index (χ4n) is 2.24. The molecule has 124 valence electrons. The van der Waals surface area contributed by atoms with Gasteiger partial charge in [-0.15, -0.1) is 11.3 Å². The van der Waals surface area contributed by atoms with Gasteiger partial charge < -0.3 is 10.6 Å². The van der Waals surface area contributed by atoms with Crippen molar-refractivity contribution < 1.29 is 0 Å². The average molecular weight is 331 g/mol. The molecule has 2 rings (SSSR count). The molecule has 0 aliphatic rings. The molecule has 0 aliphatic heterocycles. The summed E-state index contributed by atoms with van der Waals surface area (Å²) in [4.78, 5) is 10.5. The quantitative estimate of drug-likeness (QED) is 0.628. The number of nitrogens with zero attached hydrogens (tertiary/aromatic N) is 2. The Labute approximate surface area is 143 Å². The van der Waals surface area contributed by atoms with Gasteiger partial charge in [-0.05, 0) is 32.3 Å². The van der Waals surface area contributed by atoms with E-state index in [4.69, 9.17) is 0 Å². The topological polar surface area (TPSA) is 49.3 Å². The third-order valence-electron chi connectivity index (χ3n) is 3.73. The van der Waals surface area contributed by atoms with Gasteiger partial charge in [0.15, 0.2) is 5.96 Å². The molecule has 2 N–H and O–H groups in total. The summed E-state index contributed by atoms with van der Waals surface area (Å²) in [6.45, 7) is 10.8. The summed E-state index contributed by atoms with van der Waals surface area (Å²) in [7, 11) is 0. The van der Waals surface area contributed by atoms with E-state index >= 15 is 0 Å². The van der Waals surface area contributed by atoms with Crippen LogP contribution in [-0.4, -0.2) is 24.0 Å². The van der Waals surface area contributed by atoms with Crippen molar-refractivity contribution in [2.75, 3.05) is 13.1 Å². The molecular formula is C18H26N4S. The number of aryl methyl sites for hydroxylation is 2. The summed E-state index contributed by atoms with van der Waals surface area (Å²) in [5, 5.41) is 7.79. The molecule has 23 heavy (non-hydrogen) atoms. The van der Waals surface area contributed by atoms with Crippen LogP contribution < -0.4 is 10.6 Å². The van der Waals surface area contributed by atoms with Crippen LogP contribution in [0.5, 0.6) is 0 Å². The van der Waals surface area contributed by atoms with Crippen molar-refractivity contribution in [2.24, 2.45) is 4.99 Å². The fourth-order valence-corrected chi connectivity index (χ4v) is 3.10. The molecule has 0 amide bonds. The van der Waals surface area contributed by atoms with Gasteiger partial charge >= 0.3 is 0 Å². The van der Waals surface area contributed by atoms with Gasteiger partial charge in [0.1, 0.15) is 5.01 Å². The molecule has 1 unspecified atom stereocenters. The highest BCUT2D eigenvalue weighted by molar-refractivity contribution is 7.11. The molecule has 1 atom stereocenters. The van der Waals surface area contributed by atoms with E-state index in [1.165, 1.54) is 10.4 Å². The van der Waals surface area contributed by atoms with Crippen molar-refractivity contribution in [3.8, 4) is 0 Å². The Bertz CT molecular complexity index is 614. The predicted molar refractivity (Wildman–Crippen MR) is 99.3 cm³/mol. The third kappa shape index (κ3) is 5.36. The van der Waals surface area contributed by atoms with Crippen molar-refractivity contribution in [3.05, 3.63) is 51.5 Å². The van der Waals surface area contributed by atoms with E-state index in [9.17, 15) is 0 Å². The first-order valence-electron chi connectivity index (χ1n) is 8.10. The minimum Gasteiger partial charge on any atom is -0.357 e. The molecule has 1 aromatic carbocycles. The van der Waals surface area contributed by atoms with Crippen LogP contribution in [0, 0.1) is 13.8 Å². The molecule has 0 spiro atoms. The lowest BCUT2D eigenvalue weighted by molar-refractivity contribution is 0.699. The molecule has 4 nitrogen and oxygen atoms in total. The smallest absolute Gasteiger partial charge is 0.191 e. The first kappa shape index (κ1) is 17.5. The highest BCUT2D eigenvalue weighted by Gasteiger charge is 2.07. The van der Waals surface area contributed by atoms with Crippen molar-refractivity contribution in [3.63, 3.8) is 0 Å². The second-order valence-electron chi connectivity index (χ2n) is 5.64. The van der Waals surface area contributed by atoms with Crippen molar-refractivity contribution >= 4 is 17.3 Å². The second-order valence-corrected chi connectivity index (χ2v) is 6.92. The number of benzene rings is 1. The van der Waals surface area contributed by atoms with Crippen LogP contribution in [-0.2, 0) is 6.54 Å². The van der Waals surface area contributed by atoms with Gasteiger partial charge in [0, 0.05) is 18.0 Å².